The third kappa shape index (κ3) is 3.61. The fraction of sp³-hybridized carbons (Fsp3) is 0.519. The van der Waals surface area contributed by atoms with Crippen LogP contribution in [0.15, 0.2) is 23.0 Å². The summed E-state index contributed by atoms with van der Waals surface area (Å²) in [6.07, 6.45) is 3.55. The molecule has 38 heavy (non-hydrogen) atoms. The van der Waals surface area contributed by atoms with Crippen LogP contribution < -0.4 is 5.73 Å². The van der Waals surface area contributed by atoms with Gasteiger partial charge in [-0.05, 0) is 69.9 Å². The standard InChI is InChI=1S/C27H32ClN3O7/c1-30(2)21-15-8-11-7-14-18(16(32)9-12(20(14)28)10-31(3)13-5-4-6-13)22(33)17(11)24(35)27(15,38)25(36)19(23(21)34)26(29)37/h9,11,13,15,21,32-33,36,38H,4-8,10H2,1-3H3,(H2,29,37)/t11-,15-,21-,27-/m0/s1. The predicted octanol–water partition coefficient (Wildman–Crippen LogP) is 1.60. The van der Waals surface area contributed by atoms with Crippen LogP contribution in [0.3, 0.4) is 0 Å². The number of carbonyl (C=O) groups is 3. The summed E-state index contributed by atoms with van der Waals surface area (Å²) in [5.41, 5.74) is 2.83. The molecule has 4 atom stereocenters. The Morgan fingerprint density at radius 1 is 1.18 bits per heavy atom. The van der Waals surface area contributed by atoms with Crippen molar-refractivity contribution in [3.05, 3.63) is 44.7 Å². The topological polar surface area (TPSA) is 165 Å². The lowest BCUT2D eigenvalue weighted by molar-refractivity contribution is -0.153. The van der Waals surface area contributed by atoms with Gasteiger partial charge in [-0.1, -0.05) is 18.0 Å². The minimum Gasteiger partial charge on any atom is -0.508 e. The minimum absolute atomic E-state index is 0.00124. The first-order valence-corrected chi connectivity index (χ1v) is 13.1. The van der Waals surface area contributed by atoms with Crippen LogP contribution in [0.4, 0.5) is 0 Å². The van der Waals surface area contributed by atoms with Crippen molar-refractivity contribution in [2.24, 2.45) is 17.6 Å². The molecule has 1 amide bonds. The van der Waals surface area contributed by atoms with Crippen molar-refractivity contribution in [1.29, 1.82) is 0 Å². The second-order valence-electron chi connectivity index (χ2n) is 11.2. The van der Waals surface area contributed by atoms with Gasteiger partial charge in [-0.3, -0.25) is 24.2 Å². The van der Waals surface area contributed by atoms with Gasteiger partial charge in [0.2, 0.25) is 5.78 Å². The highest BCUT2D eigenvalue weighted by atomic mass is 35.5. The number of carbonyl (C=O) groups excluding carboxylic acids is 3. The molecule has 1 aromatic carbocycles. The number of fused-ring (bicyclic) bond motifs is 3. The molecule has 11 heteroatoms. The number of ketones is 2. The third-order valence-electron chi connectivity index (χ3n) is 8.85. The smallest absolute Gasteiger partial charge is 0.255 e. The van der Waals surface area contributed by atoms with Crippen molar-refractivity contribution in [2.75, 3.05) is 21.1 Å². The summed E-state index contributed by atoms with van der Waals surface area (Å²) in [6, 6.07) is 0.789. The molecule has 0 aliphatic heterocycles. The Bertz CT molecular complexity index is 1330. The van der Waals surface area contributed by atoms with Crippen molar-refractivity contribution in [3.8, 4) is 5.75 Å². The van der Waals surface area contributed by atoms with Gasteiger partial charge in [-0.2, -0.15) is 0 Å². The summed E-state index contributed by atoms with van der Waals surface area (Å²) in [7, 11) is 5.12. The zero-order chi connectivity index (χ0) is 27.8. The Labute approximate surface area is 225 Å². The molecule has 0 unspecified atom stereocenters. The molecular weight excluding hydrogens is 514 g/mol. The van der Waals surface area contributed by atoms with E-state index in [0.29, 0.717) is 28.7 Å². The molecular formula is C27H32ClN3O7. The lowest BCUT2D eigenvalue weighted by atomic mass is 9.57. The van der Waals surface area contributed by atoms with Crippen LogP contribution in [-0.4, -0.2) is 86.5 Å². The van der Waals surface area contributed by atoms with Gasteiger partial charge >= 0.3 is 0 Å². The van der Waals surface area contributed by atoms with Crippen LogP contribution in [0.25, 0.3) is 5.76 Å². The van der Waals surface area contributed by atoms with E-state index in [1.54, 1.807) is 14.1 Å². The number of amides is 1. The summed E-state index contributed by atoms with van der Waals surface area (Å²) in [5.74, 6) is -6.78. The molecule has 6 N–H and O–H groups in total. The monoisotopic (exact) mass is 545 g/mol. The first-order valence-electron chi connectivity index (χ1n) is 12.7. The zero-order valence-corrected chi connectivity index (χ0v) is 22.2. The van der Waals surface area contributed by atoms with Gasteiger partial charge < -0.3 is 26.2 Å². The summed E-state index contributed by atoms with van der Waals surface area (Å²) in [5, 5.41) is 45.1. The molecule has 0 aromatic heterocycles. The largest absolute Gasteiger partial charge is 0.508 e. The van der Waals surface area contributed by atoms with Crippen LogP contribution in [-0.2, 0) is 27.3 Å². The quantitative estimate of drug-likeness (QED) is 0.345. The SMILES string of the molecule is CN(Cc1cc(O)c2c(c1Cl)C[C@H]1C[C@H]3[C@H](N(C)C)C(=O)C(C(N)=O)=C(O)[C@@]3(O)C(=O)C1=C2O)C1CCC1. The molecule has 0 bridgehead atoms. The van der Waals surface area contributed by atoms with E-state index in [1.165, 1.54) is 17.4 Å². The third-order valence-corrected chi connectivity index (χ3v) is 9.32. The van der Waals surface area contributed by atoms with Crippen LogP contribution in [0.5, 0.6) is 5.75 Å². The van der Waals surface area contributed by atoms with Gasteiger partial charge in [-0.15, -0.1) is 0 Å². The van der Waals surface area contributed by atoms with Crippen LogP contribution in [0, 0.1) is 11.8 Å². The number of aromatic hydroxyl groups is 1. The number of nitrogens with two attached hydrogens (primary N) is 1. The Balaban J connectivity index is 1.64. The number of aliphatic hydroxyl groups is 3. The summed E-state index contributed by atoms with van der Waals surface area (Å²) in [6.45, 7) is 0.499. The number of hydrogen-bond donors (Lipinski definition) is 5. The zero-order valence-electron chi connectivity index (χ0n) is 21.5. The molecule has 5 rings (SSSR count). The highest BCUT2D eigenvalue weighted by molar-refractivity contribution is 6.32. The average Bonchev–Trinajstić information content (AvgIpc) is 2.77. The molecule has 0 spiro atoms. The van der Waals surface area contributed by atoms with Crippen LogP contribution >= 0.6 is 11.6 Å². The number of benzene rings is 1. The number of aliphatic hydroxyl groups excluding tert-OH is 2. The van der Waals surface area contributed by atoms with Gasteiger partial charge in [0.15, 0.2) is 11.4 Å². The molecule has 1 aromatic rings. The number of phenols is 1. The van der Waals surface area contributed by atoms with E-state index in [9.17, 15) is 34.8 Å². The van der Waals surface area contributed by atoms with E-state index in [2.05, 4.69) is 4.90 Å². The summed E-state index contributed by atoms with van der Waals surface area (Å²) in [4.78, 5) is 42.7. The number of nitrogens with zero attached hydrogens (tertiary/aromatic N) is 2. The molecule has 10 nitrogen and oxygen atoms in total. The lowest BCUT2D eigenvalue weighted by Crippen LogP contribution is -2.65. The Hall–Kier alpha value is -2.92. The molecule has 0 heterocycles. The summed E-state index contributed by atoms with van der Waals surface area (Å²) >= 11 is 6.82. The normalized spacial score (nSPS) is 29.4. The van der Waals surface area contributed by atoms with Crippen molar-refractivity contribution < 1.29 is 34.8 Å². The number of phenolic OH excluding ortho intramolecular Hbond substituents is 1. The number of halogens is 1. The second kappa shape index (κ2) is 9.08. The summed E-state index contributed by atoms with van der Waals surface area (Å²) < 4.78 is 0. The highest BCUT2D eigenvalue weighted by Gasteiger charge is 2.64. The van der Waals surface area contributed by atoms with Gasteiger partial charge in [-0.25, -0.2) is 0 Å². The van der Waals surface area contributed by atoms with Gasteiger partial charge in [0.05, 0.1) is 11.6 Å². The number of rotatable bonds is 5. The maximum Gasteiger partial charge on any atom is 0.255 e. The molecule has 0 saturated heterocycles. The number of hydrogen-bond acceptors (Lipinski definition) is 9. The van der Waals surface area contributed by atoms with Crippen molar-refractivity contribution in [1.82, 2.24) is 9.80 Å². The second-order valence-corrected chi connectivity index (χ2v) is 11.6. The first-order chi connectivity index (χ1) is 17.8. The van der Waals surface area contributed by atoms with Crippen molar-refractivity contribution >= 4 is 34.8 Å². The molecule has 2 fully saturated rings. The van der Waals surface area contributed by atoms with E-state index >= 15 is 0 Å². The number of primary amides is 1. The molecule has 4 aliphatic carbocycles. The van der Waals surface area contributed by atoms with E-state index in [4.69, 9.17) is 17.3 Å². The van der Waals surface area contributed by atoms with Crippen LogP contribution in [0.1, 0.15) is 42.4 Å². The van der Waals surface area contributed by atoms with Gasteiger partial charge in [0.1, 0.15) is 22.8 Å². The predicted molar refractivity (Wildman–Crippen MR) is 138 cm³/mol. The number of likely N-dealkylation sites (N-methyl/N-ethyl adjacent to an activating group) is 1. The van der Waals surface area contributed by atoms with Crippen molar-refractivity contribution in [2.45, 2.75) is 56.3 Å². The van der Waals surface area contributed by atoms with E-state index in [-0.39, 0.29) is 29.7 Å². The molecule has 2 saturated carbocycles. The number of Topliss-reactive ketones (excluding diaryl/α,β-unsaturated/α-hetero) is 2. The van der Waals surface area contributed by atoms with Crippen molar-refractivity contribution in [3.63, 3.8) is 0 Å². The first kappa shape index (κ1) is 26.7. The maximum absolute atomic E-state index is 13.8. The van der Waals surface area contributed by atoms with E-state index in [0.717, 1.165) is 12.8 Å². The minimum atomic E-state index is -2.66. The molecule has 4 aliphatic rings. The Morgan fingerprint density at radius 2 is 1.84 bits per heavy atom. The van der Waals surface area contributed by atoms with E-state index < -0.39 is 58.0 Å². The van der Waals surface area contributed by atoms with Crippen LogP contribution in [0.2, 0.25) is 5.02 Å². The Kier molecular flexibility index (Phi) is 6.38. The van der Waals surface area contributed by atoms with E-state index in [1.807, 2.05) is 7.05 Å². The fourth-order valence-corrected chi connectivity index (χ4v) is 6.97. The molecule has 204 valence electrons. The van der Waals surface area contributed by atoms with Gasteiger partial charge in [0.25, 0.3) is 5.91 Å². The highest BCUT2D eigenvalue weighted by Crippen LogP contribution is 2.53. The average molecular weight is 546 g/mol. The molecule has 0 radical (unpaired) electrons. The van der Waals surface area contributed by atoms with Gasteiger partial charge in [0, 0.05) is 29.1 Å². The maximum atomic E-state index is 13.8. The fourth-order valence-electron chi connectivity index (χ4n) is 6.69. The Morgan fingerprint density at radius 3 is 2.39 bits per heavy atom. The lowest BCUT2D eigenvalue weighted by Gasteiger charge is -2.50.